The van der Waals surface area contributed by atoms with Crippen LogP contribution >= 0.6 is 0 Å². The van der Waals surface area contributed by atoms with E-state index in [4.69, 9.17) is 9.26 Å². The van der Waals surface area contributed by atoms with Gasteiger partial charge >= 0.3 is 0 Å². The lowest BCUT2D eigenvalue weighted by Gasteiger charge is -2.21. The monoisotopic (exact) mass is 372 g/mol. The largest absolute Gasteiger partial charge is 0.481 e. The highest BCUT2D eigenvalue weighted by Gasteiger charge is 2.25. The Morgan fingerprint density at radius 2 is 2.19 bits per heavy atom. The first-order valence-electron chi connectivity index (χ1n) is 8.99. The van der Waals surface area contributed by atoms with Gasteiger partial charge in [0.25, 0.3) is 5.91 Å². The number of amides is 2. The predicted octanol–water partition coefficient (Wildman–Crippen LogP) is 2.01. The van der Waals surface area contributed by atoms with Crippen LogP contribution in [0.5, 0.6) is 5.88 Å². The van der Waals surface area contributed by atoms with Gasteiger partial charge in [-0.2, -0.15) is 0 Å². The van der Waals surface area contributed by atoms with Gasteiger partial charge in [-0.3, -0.25) is 9.59 Å². The van der Waals surface area contributed by atoms with E-state index in [1.54, 1.807) is 18.2 Å². The van der Waals surface area contributed by atoms with Gasteiger partial charge in [-0.15, -0.1) is 0 Å². The van der Waals surface area contributed by atoms with E-state index in [0.29, 0.717) is 43.9 Å². The van der Waals surface area contributed by atoms with Crippen molar-refractivity contribution in [2.45, 2.75) is 45.7 Å². The van der Waals surface area contributed by atoms with Crippen molar-refractivity contribution >= 4 is 11.8 Å². The normalized spacial score (nSPS) is 17.5. The molecule has 1 fully saturated rings. The number of rotatable bonds is 5. The van der Waals surface area contributed by atoms with E-state index in [9.17, 15) is 9.59 Å². The van der Waals surface area contributed by atoms with Crippen LogP contribution in [0, 0.1) is 13.8 Å². The fourth-order valence-corrected chi connectivity index (χ4v) is 3.18. The standard InChI is InChI=1S/C19H24N4O4/c1-12-15(13(2)27-22-12)11-23-10-9-14(7-8-18(23)24)20-19(25)16-5-4-6-17(21-16)26-3/h4-6,14H,7-11H2,1-3H3,(H,20,25). The number of pyridine rings is 1. The van der Waals surface area contributed by atoms with E-state index in [1.165, 1.54) is 7.11 Å². The molecule has 1 N–H and O–H groups in total. The molecule has 0 radical (unpaired) electrons. The third kappa shape index (κ3) is 4.45. The van der Waals surface area contributed by atoms with Gasteiger partial charge in [0.15, 0.2) is 0 Å². The highest BCUT2D eigenvalue weighted by Crippen LogP contribution is 2.19. The zero-order chi connectivity index (χ0) is 19.4. The van der Waals surface area contributed by atoms with Gasteiger partial charge in [0.2, 0.25) is 11.8 Å². The number of methoxy groups -OCH3 is 1. The predicted molar refractivity (Wildman–Crippen MR) is 97.3 cm³/mol. The first-order valence-corrected chi connectivity index (χ1v) is 8.99. The first-order chi connectivity index (χ1) is 13.0. The molecule has 1 atom stereocenters. The molecule has 144 valence electrons. The minimum Gasteiger partial charge on any atom is -0.481 e. The Labute approximate surface area is 157 Å². The second kappa shape index (κ2) is 8.20. The van der Waals surface area contributed by atoms with Crippen molar-refractivity contribution in [2.75, 3.05) is 13.7 Å². The molecule has 8 heteroatoms. The highest BCUT2D eigenvalue weighted by molar-refractivity contribution is 5.92. The Morgan fingerprint density at radius 3 is 2.89 bits per heavy atom. The number of aromatic nitrogens is 2. The molecular weight excluding hydrogens is 348 g/mol. The molecule has 1 aliphatic heterocycles. The van der Waals surface area contributed by atoms with Gasteiger partial charge in [0.05, 0.1) is 19.3 Å². The van der Waals surface area contributed by atoms with Gasteiger partial charge in [-0.05, 0) is 32.8 Å². The lowest BCUT2D eigenvalue weighted by atomic mass is 10.1. The lowest BCUT2D eigenvalue weighted by molar-refractivity contribution is -0.131. The van der Waals surface area contributed by atoms with Crippen LogP contribution < -0.4 is 10.1 Å². The molecule has 0 spiro atoms. The van der Waals surface area contributed by atoms with Crippen molar-refractivity contribution in [1.82, 2.24) is 20.4 Å². The number of nitrogens with zero attached hydrogens (tertiary/aromatic N) is 3. The maximum atomic E-state index is 12.5. The molecule has 2 amide bonds. The summed E-state index contributed by atoms with van der Waals surface area (Å²) < 4.78 is 10.2. The molecule has 3 rings (SSSR count). The average Bonchev–Trinajstić information content (AvgIpc) is 2.88. The van der Waals surface area contributed by atoms with Crippen LogP contribution in [0.1, 0.15) is 46.8 Å². The number of hydrogen-bond acceptors (Lipinski definition) is 6. The number of nitrogens with one attached hydrogen (secondary N) is 1. The smallest absolute Gasteiger partial charge is 0.270 e. The van der Waals surface area contributed by atoms with Crippen LogP contribution in [0.15, 0.2) is 22.7 Å². The van der Waals surface area contributed by atoms with Gasteiger partial charge in [0.1, 0.15) is 11.5 Å². The van der Waals surface area contributed by atoms with Crippen molar-refractivity contribution in [3.63, 3.8) is 0 Å². The third-order valence-electron chi connectivity index (χ3n) is 4.84. The fraction of sp³-hybridized carbons (Fsp3) is 0.474. The molecular formula is C19H24N4O4. The van der Waals surface area contributed by atoms with Crippen LogP contribution in [-0.4, -0.2) is 46.6 Å². The molecule has 2 aromatic heterocycles. The maximum absolute atomic E-state index is 12.5. The SMILES string of the molecule is COc1cccc(C(=O)NC2CCC(=O)N(Cc3c(C)noc3C)CC2)n1. The first kappa shape index (κ1) is 18.9. The molecule has 3 heterocycles. The molecule has 0 aliphatic carbocycles. The average molecular weight is 372 g/mol. The van der Waals surface area contributed by atoms with Crippen LogP contribution in [0.3, 0.4) is 0 Å². The summed E-state index contributed by atoms with van der Waals surface area (Å²) in [7, 11) is 1.51. The zero-order valence-corrected chi connectivity index (χ0v) is 15.8. The number of aryl methyl sites for hydroxylation is 2. The molecule has 0 saturated carbocycles. The summed E-state index contributed by atoms with van der Waals surface area (Å²) in [6.07, 6.45) is 1.68. The summed E-state index contributed by atoms with van der Waals surface area (Å²) in [5.74, 6) is 0.944. The Kier molecular flexibility index (Phi) is 5.73. The van der Waals surface area contributed by atoms with E-state index in [-0.39, 0.29) is 17.9 Å². The van der Waals surface area contributed by atoms with Crippen molar-refractivity contribution in [2.24, 2.45) is 0 Å². The zero-order valence-electron chi connectivity index (χ0n) is 15.8. The second-order valence-electron chi connectivity index (χ2n) is 6.68. The lowest BCUT2D eigenvalue weighted by Crippen LogP contribution is -2.36. The summed E-state index contributed by atoms with van der Waals surface area (Å²) in [6.45, 7) is 4.78. The molecule has 2 aromatic rings. The van der Waals surface area contributed by atoms with Crippen molar-refractivity contribution in [3.8, 4) is 5.88 Å². The Balaban J connectivity index is 1.61. The minimum atomic E-state index is -0.259. The van der Waals surface area contributed by atoms with E-state index >= 15 is 0 Å². The molecule has 1 unspecified atom stereocenters. The molecule has 0 aromatic carbocycles. The number of ether oxygens (including phenoxy) is 1. The van der Waals surface area contributed by atoms with Crippen LogP contribution in [0.2, 0.25) is 0 Å². The molecule has 27 heavy (non-hydrogen) atoms. The number of carbonyl (C=O) groups excluding carboxylic acids is 2. The van der Waals surface area contributed by atoms with Crippen LogP contribution in [0.4, 0.5) is 0 Å². The van der Waals surface area contributed by atoms with E-state index in [2.05, 4.69) is 15.5 Å². The summed E-state index contributed by atoms with van der Waals surface area (Å²) in [5, 5.41) is 6.93. The van der Waals surface area contributed by atoms with Crippen molar-refractivity contribution in [3.05, 3.63) is 40.9 Å². The van der Waals surface area contributed by atoms with Crippen LogP contribution in [-0.2, 0) is 11.3 Å². The van der Waals surface area contributed by atoms with E-state index in [1.807, 2.05) is 18.7 Å². The van der Waals surface area contributed by atoms with Crippen LogP contribution in [0.25, 0.3) is 0 Å². The van der Waals surface area contributed by atoms with Crippen molar-refractivity contribution < 1.29 is 18.8 Å². The summed E-state index contributed by atoms with van der Waals surface area (Å²) in [4.78, 5) is 30.9. The minimum absolute atomic E-state index is 0.0752. The quantitative estimate of drug-likeness (QED) is 0.862. The number of hydrogen-bond donors (Lipinski definition) is 1. The van der Waals surface area contributed by atoms with Gasteiger partial charge in [-0.1, -0.05) is 11.2 Å². The summed E-state index contributed by atoms with van der Waals surface area (Å²) in [5.41, 5.74) is 2.06. The molecule has 8 nitrogen and oxygen atoms in total. The molecule has 0 bridgehead atoms. The molecule has 1 aliphatic rings. The van der Waals surface area contributed by atoms with E-state index in [0.717, 1.165) is 17.0 Å². The Bertz CT molecular complexity index is 813. The Hall–Kier alpha value is -2.90. The molecule has 1 saturated heterocycles. The topological polar surface area (TPSA) is 97.6 Å². The number of likely N-dealkylation sites (tertiary alicyclic amines) is 1. The van der Waals surface area contributed by atoms with Gasteiger partial charge in [-0.25, -0.2) is 4.98 Å². The summed E-state index contributed by atoms with van der Waals surface area (Å²) in [6, 6.07) is 4.98. The second-order valence-corrected chi connectivity index (χ2v) is 6.68. The fourth-order valence-electron chi connectivity index (χ4n) is 3.18. The maximum Gasteiger partial charge on any atom is 0.270 e. The highest BCUT2D eigenvalue weighted by atomic mass is 16.5. The van der Waals surface area contributed by atoms with Gasteiger partial charge < -0.3 is 19.5 Å². The van der Waals surface area contributed by atoms with Crippen molar-refractivity contribution in [1.29, 1.82) is 0 Å². The van der Waals surface area contributed by atoms with Gasteiger partial charge in [0, 0.05) is 30.6 Å². The van der Waals surface area contributed by atoms with E-state index < -0.39 is 0 Å². The summed E-state index contributed by atoms with van der Waals surface area (Å²) >= 11 is 0. The Morgan fingerprint density at radius 1 is 1.37 bits per heavy atom. The number of carbonyl (C=O) groups is 2. The third-order valence-corrected chi connectivity index (χ3v) is 4.84.